The van der Waals surface area contributed by atoms with Gasteiger partial charge in [-0.3, -0.25) is 0 Å². The maximum absolute atomic E-state index is 2.92. The Morgan fingerprint density at radius 2 is 1.30 bits per heavy atom. The van der Waals surface area contributed by atoms with Crippen LogP contribution >= 0.6 is 0 Å². The van der Waals surface area contributed by atoms with E-state index in [1.54, 1.807) is 0 Å². The van der Waals surface area contributed by atoms with Gasteiger partial charge in [0.25, 0.3) is 0 Å². The van der Waals surface area contributed by atoms with E-state index < -0.39 is 0 Å². The molecule has 0 aromatic carbocycles. The van der Waals surface area contributed by atoms with Crippen LogP contribution in [0, 0.1) is 0 Å². The molecule has 1 heteroatoms. The smallest absolute Gasteiger partial charge is 0.00326 e. The van der Waals surface area contributed by atoms with Gasteiger partial charge in [0.15, 0.2) is 0 Å². The van der Waals surface area contributed by atoms with Crippen molar-refractivity contribution >= 4 is 0 Å². The van der Waals surface area contributed by atoms with Crippen LogP contribution in [0.1, 0.15) is 34.1 Å². The lowest BCUT2D eigenvalue weighted by molar-refractivity contribution is 1.11. The largest absolute Gasteiger partial charge is 0.368 e. The molecule has 0 saturated heterocycles. The first kappa shape index (κ1) is 12.0. The molecule has 1 aliphatic heterocycles. The Kier molecular flexibility index (Phi) is 18.9. The summed E-state index contributed by atoms with van der Waals surface area (Å²) >= 11 is 0. The van der Waals surface area contributed by atoms with Gasteiger partial charge in [-0.25, -0.2) is 0 Å². The van der Waals surface area contributed by atoms with Crippen LogP contribution in [0.3, 0.4) is 0 Å². The fourth-order valence-corrected chi connectivity index (χ4v) is 0.406. The first-order valence-electron chi connectivity index (χ1n) is 4.06. The van der Waals surface area contributed by atoms with E-state index in [1.807, 2.05) is 40.1 Å². The van der Waals surface area contributed by atoms with Crippen LogP contribution in [0.5, 0.6) is 0 Å². The van der Waals surface area contributed by atoms with Crippen LogP contribution in [0.2, 0.25) is 0 Å². The third kappa shape index (κ3) is 10.3. The van der Waals surface area contributed by atoms with Gasteiger partial charge in [-0.05, 0) is 18.8 Å². The van der Waals surface area contributed by atoms with Gasteiger partial charge in [0.2, 0.25) is 0 Å². The summed E-state index contributed by atoms with van der Waals surface area (Å²) in [5.41, 5.74) is 0. The molecule has 0 aromatic heterocycles. The number of hydrogen-bond acceptors (Lipinski definition) is 1. The van der Waals surface area contributed by atoms with Gasteiger partial charge in [0.1, 0.15) is 0 Å². The average molecular weight is 141 g/mol. The Balaban J connectivity index is 0. The summed E-state index contributed by atoms with van der Waals surface area (Å²) < 4.78 is 0. The molecule has 0 spiro atoms. The molecule has 60 valence electrons. The van der Waals surface area contributed by atoms with Gasteiger partial charge in [0.05, 0.1) is 0 Å². The molecular weight excluding hydrogens is 122 g/mol. The summed E-state index contributed by atoms with van der Waals surface area (Å²) in [6.45, 7) is 8.00. The predicted molar refractivity (Wildman–Crippen MR) is 48.7 cm³/mol. The molecule has 10 heavy (non-hydrogen) atoms. The van der Waals surface area contributed by atoms with E-state index in [-0.39, 0.29) is 0 Å². The van der Waals surface area contributed by atoms with Crippen molar-refractivity contribution in [3.8, 4) is 0 Å². The number of dihydropyridines is 1. The van der Waals surface area contributed by atoms with Crippen molar-refractivity contribution in [3.05, 3.63) is 24.6 Å². The molecule has 1 N–H and O–H groups in total. The van der Waals surface area contributed by atoms with Crippen molar-refractivity contribution in [2.24, 2.45) is 0 Å². The molecule has 1 aliphatic rings. The van der Waals surface area contributed by atoms with Crippen LogP contribution in [0.4, 0.5) is 0 Å². The normalized spacial score (nSPS) is 11.6. The Bertz CT molecular complexity index is 62.7. The highest BCUT2D eigenvalue weighted by atomic mass is 14.8. The molecule has 0 aromatic rings. The minimum absolute atomic E-state index is 1.08. The second-order valence-corrected chi connectivity index (χ2v) is 1.21. The summed E-state index contributed by atoms with van der Waals surface area (Å²) in [5, 5.41) is 2.92. The third-order valence-electron chi connectivity index (χ3n) is 0.700. The van der Waals surface area contributed by atoms with Crippen molar-refractivity contribution in [1.29, 1.82) is 0 Å². The van der Waals surface area contributed by atoms with Gasteiger partial charge in [-0.15, -0.1) is 0 Å². The molecule has 0 bridgehead atoms. The minimum atomic E-state index is 1.08. The van der Waals surface area contributed by atoms with Gasteiger partial charge in [-0.2, -0.15) is 0 Å². The second kappa shape index (κ2) is 15.7. The Morgan fingerprint density at radius 3 is 1.40 bits per heavy atom. The Labute approximate surface area is 64.8 Å². The standard InChI is InChI=1S/C5H7N.2C2H6/c1-2-4-6-5-3-1;2*1-2/h2-6H,1H2;2*1-2H3. The number of rotatable bonds is 0. The molecular formula is C9H19N. The fourth-order valence-electron chi connectivity index (χ4n) is 0.406. The molecule has 0 unspecified atom stereocenters. The minimum Gasteiger partial charge on any atom is -0.368 e. The van der Waals surface area contributed by atoms with E-state index in [9.17, 15) is 0 Å². The van der Waals surface area contributed by atoms with Gasteiger partial charge < -0.3 is 5.32 Å². The van der Waals surface area contributed by atoms with Crippen LogP contribution in [-0.4, -0.2) is 0 Å². The SMILES string of the molecule is C1=CNC=CC1.CC.CC. The predicted octanol–water partition coefficient (Wildman–Crippen LogP) is 3.06. The highest BCUT2D eigenvalue weighted by Crippen LogP contribution is 1.86. The molecule has 1 heterocycles. The summed E-state index contributed by atoms with van der Waals surface area (Å²) in [4.78, 5) is 0. The highest BCUT2D eigenvalue weighted by molar-refractivity contribution is 4.98. The van der Waals surface area contributed by atoms with Crippen LogP contribution in [0.15, 0.2) is 24.6 Å². The fraction of sp³-hybridized carbons (Fsp3) is 0.556. The second-order valence-electron chi connectivity index (χ2n) is 1.21. The Morgan fingerprint density at radius 1 is 0.900 bits per heavy atom. The summed E-state index contributed by atoms with van der Waals surface area (Å²) in [6.07, 6.45) is 9.08. The van der Waals surface area contributed by atoms with Crippen molar-refractivity contribution in [3.63, 3.8) is 0 Å². The molecule has 0 amide bonds. The first-order chi connectivity index (χ1) is 5.00. The lowest BCUT2D eigenvalue weighted by Crippen LogP contribution is -1.93. The molecule has 0 fully saturated rings. The van der Waals surface area contributed by atoms with E-state index in [0.29, 0.717) is 0 Å². The monoisotopic (exact) mass is 141 g/mol. The molecule has 1 rings (SSSR count). The number of nitrogens with one attached hydrogen (secondary N) is 1. The highest BCUT2D eigenvalue weighted by Gasteiger charge is 1.73. The summed E-state index contributed by atoms with van der Waals surface area (Å²) in [5.74, 6) is 0. The van der Waals surface area contributed by atoms with E-state index in [0.717, 1.165) is 6.42 Å². The molecule has 0 atom stereocenters. The van der Waals surface area contributed by atoms with E-state index in [1.165, 1.54) is 0 Å². The van der Waals surface area contributed by atoms with Gasteiger partial charge >= 0.3 is 0 Å². The van der Waals surface area contributed by atoms with Crippen molar-refractivity contribution in [2.45, 2.75) is 34.1 Å². The summed E-state index contributed by atoms with van der Waals surface area (Å²) in [7, 11) is 0. The van der Waals surface area contributed by atoms with Gasteiger partial charge in [-0.1, -0.05) is 39.8 Å². The van der Waals surface area contributed by atoms with Crippen molar-refractivity contribution in [1.82, 2.24) is 5.32 Å². The van der Waals surface area contributed by atoms with E-state index in [2.05, 4.69) is 17.5 Å². The van der Waals surface area contributed by atoms with E-state index >= 15 is 0 Å². The van der Waals surface area contributed by atoms with Gasteiger partial charge in [0, 0.05) is 0 Å². The first-order valence-corrected chi connectivity index (χ1v) is 4.06. The van der Waals surface area contributed by atoms with E-state index in [4.69, 9.17) is 0 Å². The molecule has 0 aliphatic carbocycles. The number of allylic oxidation sites excluding steroid dienone is 2. The quantitative estimate of drug-likeness (QED) is 0.546. The molecule has 1 nitrogen and oxygen atoms in total. The van der Waals surface area contributed by atoms with Crippen molar-refractivity contribution < 1.29 is 0 Å². The lowest BCUT2D eigenvalue weighted by atomic mass is 10.4. The van der Waals surface area contributed by atoms with Crippen LogP contribution in [0.25, 0.3) is 0 Å². The number of hydrogen-bond donors (Lipinski definition) is 1. The lowest BCUT2D eigenvalue weighted by Gasteiger charge is -1.92. The van der Waals surface area contributed by atoms with Crippen LogP contribution in [-0.2, 0) is 0 Å². The summed E-state index contributed by atoms with van der Waals surface area (Å²) in [6, 6.07) is 0. The average Bonchev–Trinajstić information content (AvgIpc) is 2.14. The molecule has 0 radical (unpaired) electrons. The Hall–Kier alpha value is -0.720. The van der Waals surface area contributed by atoms with Crippen LogP contribution < -0.4 is 5.32 Å². The van der Waals surface area contributed by atoms with Crippen molar-refractivity contribution in [2.75, 3.05) is 0 Å². The third-order valence-corrected chi connectivity index (χ3v) is 0.700. The topological polar surface area (TPSA) is 12.0 Å². The zero-order chi connectivity index (χ0) is 8.24. The maximum Gasteiger partial charge on any atom is -0.00326 e. The zero-order valence-corrected chi connectivity index (χ0v) is 7.52. The maximum atomic E-state index is 2.92. The molecule has 0 saturated carbocycles. The zero-order valence-electron chi connectivity index (χ0n) is 7.52.